The van der Waals surface area contributed by atoms with Gasteiger partial charge in [-0.2, -0.15) is 0 Å². The zero-order chi connectivity index (χ0) is 12.7. The number of allylic oxidation sites excluding steroid dienone is 2. The molecule has 0 aromatic heterocycles. The third-order valence-corrected chi connectivity index (χ3v) is 5.04. The molecule has 0 amide bonds. The van der Waals surface area contributed by atoms with E-state index >= 15 is 0 Å². The molecule has 0 saturated heterocycles. The topological polar surface area (TPSA) is 24.1 Å². The summed E-state index contributed by atoms with van der Waals surface area (Å²) in [5.41, 5.74) is 4.10. The largest absolute Gasteiger partial charge is 0.372 e. The van der Waals surface area contributed by atoms with E-state index in [2.05, 4.69) is 59.3 Å². The highest BCUT2D eigenvalue weighted by Gasteiger charge is 2.32. The highest BCUT2D eigenvalue weighted by molar-refractivity contribution is 8.00. The molecule has 1 aromatic carbocycles. The summed E-state index contributed by atoms with van der Waals surface area (Å²) < 4.78 is 0. The molecule has 3 heteroatoms. The van der Waals surface area contributed by atoms with Crippen LogP contribution < -0.4 is 10.6 Å². The average molecular weight is 268 g/mol. The van der Waals surface area contributed by atoms with Crippen molar-refractivity contribution in [2.75, 3.05) is 0 Å². The number of nitrogens with one attached hydrogen (secondary N) is 2. The minimum Gasteiger partial charge on any atom is -0.372 e. The van der Waals surface area contributed by atoms with Gasteiger partial charge in [0, 0.05) is 16.7 Å². The maximum atomic E-state index is 3.70. The lowest BCUT2D eigenvalue weighted by molar-refractivity contribution is 0.533. The van der Waals surface area contributed by atoms with Crippen LogP contribution >= 0.6 is 11.8 Å². The van der Waals surface area contributed by atoms with Crippen LogP contribution in [0.4, 0.5) is 0 Å². The smallest absolute Gasteiger partial charge is 0.104 e. The van der Waals surface area contributed by atoms with Crippen LogP contribution in [-0.2, 0) is 0 Å². The van der Waals surface area contributed by atoms with Crippen molar-refractivity contribution < 1.29 is 0 Å². The SMILES string of the molecule is C1=CC(C2NC=C3c4ccccc4SC3N2)=CCC1. The van der Waals surface area contributed by atoms with Crippen LogP contribution in [0, 0.1) is 0 Å². The van der Waals surface area contributed by atoms with Crippen molar-refractivity contribution in [2.45, 2.75) is 29.3 Å². The second kappa shape index (κ2) is 4.58. The predicted octanol–water partition coefficient (Wildman–Crippen LogP) is 3.25. The van der Waals surface area contributed by atoms with Gasteiger partial charge in [-0.3, -0.25) is 5.32 Å². The fraction of sp³-hybridized carbons (Fsp3) is 0.250. The summed E-state index contributed by atoms with van der Waals surface area (Å²) in [6.45, 7) is 0. The lowest BCUT2D eigenvalue weighted by Gasteiger charge is -2.30. The van der Waals surface area contributed by atoms with E-state index < -0.39 is 0 Å². The van der Waals surface area contributed by atoms with Crippen LogP contribution in [0.25, 0.3) is 5.57 Å². The minimum atomic E-state index is 0.243. The number of thioether (sulfide) groups is 1. The lowest BCUT2D eigenvalue weighted by Crippen LogP contribution is -2.48. The van der Waals surface area contributed by atoms with Gasteiger partial charge in [-0.05, 0) is 30.0 Å². The third kappa shape index (κ3) is 1.94. The zero-order valence-corrected chi connectivity index (χ0v) is 11.4. The van der Waals surface area contributed by atoms with E-state index in [1.54, 1.807) is 0 Å². The number of rotatable bonds is 1. The van der Waals surface area contributed by atoms with E-state index in [1.807, 2.05) is 11.8 Å². The van der Waals surface area contributed by atoms with Gasteiger partial charge in [0.05, 0.1) is 5.37 Å². The minimum absolute atomic E-state index is 0.243. The summed E-state index contributed by atoms with van der Waals surface area (Å²) in [4.78, 5) is 1.38. The summed E-state index contributed by atoms with van der Waals surface area (Å²) >= 11 is 1.92. The van der Waals surface area contributed by atoms with Gasteiger partial charge < -0.3 is 5.32 Å². The Kier molecular flexibility index (Phi) is 2.75. The first-order valence-electron chi connectivity index (χ1n) is 6.77. The van der Waals surface area contributed by atoms with Gasteiger partial charge in [0.25, 0.3) is 0 Å². The monoisotopic (exact) mass is 268 g/mol. The van der Waals surface area contributed by atoms with Gasteiger partial charge in [-0.15, -0.1) is 11.8 Å². The Morgan fingerprint density at radius 2 is 2.11 bits per heavy atom. The summed E-state index contributed by atoms with van der Waals surface area (Å²) in [5.74, 6) is 0. The van der Waals surface area contributed by atoms with Crippen molar-refractivity contribution >= 4 is 17.3 Å². The Labute approximate surface area is 117 Å². The van der Waals surface area contributed by atoms with Crippen molar-refractivity contribution in [1.29, 1.82) is 0 Å². The van der Waals surface area contributed by atoms with Gasteiger partial charge in [0.15, 0.2) is 0 Å². The molecular weight excluding hydrogens is 252 g/mol. The Balaban J connectivity index is 1.61. The molecule has 2 nitrogen and oxygen atoms in total. The summed E-state index contributed by atoms with van der Waals surface area (Å²) in [7, 11) is 0. The van der Waals surface area contributed by atoms with E-state index in [0.717, 1.165) is 6.42 Å². The average Bonchev–Trinajstić information content (AvgIpc) is 2.86. The normalized spacial score (nSPS) is 28.0. The highest BCUT2D eigenvalue weighted by atomic mass is 32.2. The molecule has 1 aromatic rings. The fourth-order valence-electron chi connectivity index (χ4n) is 2.83. The second-order valence-electron chi connectivity index (χ2n) is 5.04. The van der Waals surface area contributed by atoms with Gasteiger partial charge in [-0.1, -0.05) is 36.4 Å². The molecule has 0 fully saturated rings. The molecule has 2 N–H and O–H groups in total. The molecule has 96 valence electrons. The van der Waals surface area contributed by atoms with Crippen molar-refractivity contribution in [3.8, 4) is 0 Å². The molecule has 2 aliphatic heterocycles. The molecule has 2 atom stereocenters. The van der Waals surface area contributed by atoms with Crippen molar-refractivity contribution in [3.05, 3.63) is 59.8 Å². The third-order valence-electron chi connectivity index (χ3n) is 3.81. The Morgan fingerprint density at radius 3 is 3.00 bits per heavy atom. The van der Waals surface area contributed by atoms with Crippen LogP contribution in [0.2, 0.25) is 0 Å². The van der Waals surface area contributed by atoms with E-state index in [-0.39, 0.29) is 6.17 Å². The molecule has 0 radical (unpaired) electrons. The molecular formula is C16H16N2S. The van der Waals surface area contributed by atoms with Crippen LogP contribution in [0.5, 0.6) is 0 Å². The van der Waals surface area contributed by atoms with Crippen molar-refractivity contribution in [2.24, 2.45) is 0 Å². The molecule has 2 unspecified atom stereocenters. The van der Waals surface area contributed by atoms with Gasteiger partial charge in [0.1, 0.15) is 6.17 Å². The first-order chi connectivity index (χ1) is 9.42. The van der Waals surface area contributed by atoms with Gasteiger partial charge in [-0.25, -0.2) is 0 Å². The number of fused-ring (bicyclic) bond motifs is 3. The molecule has 1 aliphatic carbocycles. The number of benzene rings is 1. The Bertz CT molecular complexity index is 601. The van der Waals surface area contributed by atoms with E-state index in [4.69, 9.17) is 0 Å². The highest BCUT2D eigenvalue weighted by Crippen LogP contribution is 2.44. The molecule has 0 spiro atoms. The summed E-state index contributed by atoms with van der Waals surface area (Å²) in [6, 6.07) is 8.63. The van der Waals surface area contributed by atoms with Crippen LogP contribution in [0.1, 0.15) is 18.4 Å². The van der Waals surface area contributed by atoms with Crippen molar-refractivity contribution in [3.63, 3.8) is 0 Å². The van der Waals surface area contributed by atoms with Gasteiger partial charge in [0.2, 0.25) is 0 Å². The lowest BCUT2D eigenvalue weighted by atomic mass is 10.0. The maximum Gasteiger partial charge on any atom is 0.104 e. The van der Waals surface area contributed by atoms with E-state index in [0.29, 0.717) is 5.37 Å². The second-order valence-corrected chi connectivity index (χ2v) is 6.19. The molecule has 0 saturated carbocycles. The number of hydrogen-bond acceptors (Lipinski definition) is 3. The first kappa shape index (κ1) is 11.4. The molecule has 4 rings (SSSR count). The van der Waals surface area contributed by atoms with Crippen LogP contribution in [0.15, 0.2) is 59.2 Å². The van der Waals surface area contributed by atoms with Crippen LogP contribution in [-0.4, -0.2) is 11.5 Å². The quantitative estimate of drug-likeness (QED) is 0.817. The predicted molar refractivity (Wildman–Crippen MR) is 80.6 cm³/mol. The molecule has 2 heterocycles. The summed E-state index contributed by atoms with van der Waals surface area (Å²) in [5, 5.41) is 7.57. The zero-order valence-electron chi connectivity index (χ0n) is 10.6. The van der Waals surface area contributed by atoms with Crippen LogP contribution in [0.3, 0.4) is 0 Å². The molecule has 19 heavy (non-hydrogen) atoms. The molecule has 3 aliphatic rings. The fourth-order valence-corrected chi connectivity index (χ4v) is 4.08. The molecule has 0 bridgehead atoms. The summed E-state index contributed by atoms with van der Waals surface area (Å²) in [6.07, 6.45) is 11.6. The first-order valence-corrected chi connectivity index (χ1v) is 7.64. The van der Waals surface area contributed by atoms with Gasteiger partial charge >= 0.3 is 0 Å². The number of hydrogen-bond donors (Lipinski definition) is 2. The maximum absolute atomic E-state index is 3.70. The van der Waals surface area contributed by atoms with E-state index in [1.165, 1.54) is 28.0 Å². The standard InChI is InChI=1S/C16H16N2S/c1-2-6-11(7-3-1)15-17-10-13-12-8-4-5-9-14(12)19-16(13)18-15/h2,4-10,15-18H,1,3H2. The van der Waals surface area contributed by atoms with Crippen molar-refractivity contribution in [1.82, 2.24) is 10.6 Å². The Hall–Kier alpha value is -1.45. The Morgan fingerprint density at radius 1 is 1.16 bits per heavy atom. The van der Waals surface area contributed by atoms with E-state index in [9.17, 15) is 0 Å².